The van der Waals surface area contributed by atoms with Crippen molar-refractivity contribution in [1.29, 1.82) is 0 Å². The van der Waals surface area contributed by atoms with Gasteiger partial charge in [-0.05, 0) is 35.9 Å². The number of hydrogen-bond donors (Lipinski definition) is 1. The molecule has 0 fully saturated rings. The smallest absolute Gasteiger partial charge is 0.380 e. The molecule has 0 bridgehead atoms. The molecule has 0 aromatic heterocycles. The van der Waals surface area contributed by atoms with E-state index in [-0.39, 0.29) is 12.3 Å². The standard InChI is InChI=1S/C17H15F3N2O3/c1-11(10-25-2)15-9-14(22(23)24)7-8-16(15)21-13-5-3-12(4-6-13)17(18,19)20/h3-9,21H,1,10H2,2H3. The van der Waals surface area contributed by atoms with Gasteiger partial charge in [0.25, 0.3) is 5.69 Å². The first kappa shape index (κ1) is 18.5. The van der Waals surface area contributed by atoms with Crippen molar-refractivity contribution in [3.63, 3.8) is 0 Å². The highest BCUT2D eigenvalue weighted by Gasteiger charge is 2.29. The summed E-state index contributed by atoms with van der Waals surface area (Å²) in [5.41, 5.74) is 0.966. The van der Waals surface area contributed by atoms with Crippen LogP contribution in [0.3, 0.4) is 0 Å². The van der Waals surface area contributed by atoms with E-state index >= 15 is 0 Å². The summed E-state index contributed by atoms with van der Waals surface area (Å²) >= 11 is 0. The highest BCUT2D eigenvalue weighted by molar-refractivity contribution is 5.80. The van der Waals surface area contributed by atoms with Crippen LogP contribution in [-0.2, 0) is 10.9 Å². The molecule has 0 saturated heterocycles. The second-order valence-electron chi connectivity index (χ2n) is 5.22. The average molecular weight is 352 g/mol. The SMILES string of the molecule is C=C(COC)c1cc([N+](=O)[O-])ccc1Nc1ccc(C(F)(F)F)cc1. The Hall–Kier alpha value is -2.87. The second-order valence-corrected chi connectivity index (χ2v) is 5.22. The van der Waals surface area contributed by atoms with Crippen molar-refractivity contribution in [2.24, 2.45) is 0 Å². The van der Waals surface area contributed by atoms with Crippen molar-refractivity contribution in [3.05, 3.63) is 70.3 Å². The lowest BCUT2D eigenvalue weighted by Gasteiger charge is -2.14. The van der Waals surface area contributed by atoms with Gasteiger partial charge in [0.15, 0.2) is 0 Å². The Morgan fingerprint density at radius 3 is 2.40 bits per heavy atom. The molecule has 5 nitrogen and oxygen atoms in total. The van der Waals surface area contributed by atoms with Gasteiger partial charge < -0.3 is 10.1 Å². The molecular weight excluding hydrogens is 337 g/mol. The third kappa shape index (κ3) is 4.57. The Balaban J connectivity index is 2.34. The molecule has 2 rings (SSSR count). The quantitative estimate of drug-likeness (QED) is 0.586. The molecule has 0 aliphatic heterocycles. The lowest BCUT2D eigenvalue weighted by atomic mass is 10.0. The minimum atomic E-state index is -4.41. The van der Waals surface area contributed by atoms with E-state index in [9.17, 15) is 23.3 Å². The molecular formula is C17H15F3N2O3. The zero-order valence-corrected chi connectivity index (χ0v) is 13.3. The predicted octanol–water partition coefficient (Wildman–Crippen LogP) is 5.02. The van der Waals surface area contributed by atoms with E-state index in [0.29, 0.717) is 22.5 Å². The van der Waals surface area contributed by atoms with E-state index in [1.165, 1.54) is 37.4 Å². The summed E-state index contributed by atoms with van der Waals surface area (Å²) in [6, 6.07) is 8.60. The van der Waals surface area contributed by atoms with Gasteiger partial charge in [0, 0.05) is 36.2 Å². The maximum absolute atomic E-state index is 12.6. The Morgan fingerprint density at radius 2 is 1.88 bits per heavy atom. The fraction of sp³-hybridized carbons (Fsp3) is 0.176. The molecule has 0 radical (unpaired) electrons. The Labute approximate surface area is 141 Å². The van der Waals surface area contributed by atoms with Gasteiger partial charge in [-0.3, -0.25) is 10.1 Å². The summed E-state index contributed by atoms with van der Waals surface area (Å²) in [4.78, 5) is 10.4. The molecule has 1 N–H and O–H groups in total. The summed E-state index contributed by atoms with van der Waals surface area (Å²) in [7, 11) is 1.46. The van der Waals surface area contributed by atoms with Crippen LogP contribution in [0.5, 0.6) is 0 Å². The third-order valence-electron chi connectivity index (χ3n) is 3.40. The van der Waals surface area contributed by atoms with E-state index in [2.05, 4.69) is 11.9 Å². The van der Waals surface area contributed by atoms with Crippen molar-refractivity contribution in [3.8, 4) is 0 Å². The van der Waals surface area contributed by atoms with E-state index in [0.717, 1.165) is 12.1 Å². The van der Waals surface area contributed by atoms with Gasteiger partial charge in [-0.25, -0.2) is 0 Å². The third-order valence-corrected chi connectivity index (χ3v) is 3.40. The Kier molecular flexibility index (Phi) is 5.43. The van der Waals surface area contributed by atoms with Crippen molar-refractivity contribution in [2.45, 2.75) is 6.18 Å². The van der Waals surface area contributed by atoms with E-state index in [1.807, 2.05) is 0 Å². The largest absolute Gasteiger partial charge is 0.416 e. The summed E-state index contributed by atoms with van der Waals surface area (Å²) in [6.45, 7) is 3.98. The van der Waals surface area contributed by atoms with Gasteiger partial charge in [0.05, 0.1) is 17.1 Å². The molecule has 132 valence electrons. The van der Waals surface area contributed by atoms with Gasteiger partial charge in [-0.2, -0.15) is 13.2 Å². The molecule has 2 aromatic rings. The van der Waals surface area contributed by atoms with Gasteiger partial charge in [0.2, 0.25) is 0 Å². The fourth-order valence-corrected chi connectivity index (χ4v) is 2.20. The highest BCUT2D eigenvalue weighted by Crippen LogP contribution is 2.32. The van der Waals surface area contributed by atoms with Crippen LogP contribution in [0.4, 0.5) is 30.2 Å². The zero-order valence-electron chi connectivity index (χ0n) is 13.3. The lowest BCUT2D eigenvalue weighted by Crippen LogP contribution is -2.05. The number of nitrogens with zero attached hydrogens (tertiary/aromatic N) is 1. The monoisotopic (exact) mass is 352 g/mol. The first-order valence-corrected chi connectivity index (χ1v) is 7.12. The maximum atomic E-state index is 12.6. The zero-order chi connectivity index (χ0) is 18.6. The van der Waals surface area contributed by atoms with Gasteiger partial charge in [-0.1, -0.05) is 6.58 Å². The maximum Gasteiger partial charge on any atom is 0.416 e. The van der Waals surface area contributed by atoms with Crippen molar-refractivity contribution >= 4 is 22.6 Å². The minimum absolute atomic E-state index is 0.120. The van der Waals surface area contributed by atoms with E-state index in [1.54, 1.807) is 0 Å². The molecule has 8 heteroatoms. The summed E-state index contributed by atoms with van der Waals surface area (Å²) < 4.78 is 42.8. The van der Waals surface area contributed by atoms with Gasteiger partial charge in [0.1, 0.15) is 0 Å². The topological polar surface area (TPSA) is 64.4 Å². The number of benzene rings is 2. The van der Waals surface area contributed by atoms with Crippen molar-refractivity contribution < 1.29 is 22.8 Å². The van der Waals surface area contributed by atoms with Crippen LogP contribution in [0.15, 0.2) is 49.0 Å². The first-order valence-electron chi connectivity index (χ1n) is 7.12. The average Bonchev–Trinajstić information content (AvgIpc) is 2.55. The summed E-state index contributed by atoms with van der Waals surface area (Å²) in [5.74, 6) is 0. The van der Waals surface area contributed by atoms with Gasteiger partial charge in [-0.15, -0.1) is 0 Å². The number of rotatable bonds is 6. The van der Waals surface area contributed by atoms with Crippen LogP contribution in [0, 0.1) is 10.1 Å². The lowest BCUT2D eigenvalue weighted by molar-refractivity contribution is -0.384. The first-order chi connectivity index (χ1) is 11.7. The number of ether oxygens (including phenoxy) is 1. The summed E-state index contributed by atoms with van der Waals surface area (Å²) in [6.07, 6.45) is -4.41. The number of nitrogens with one attached hydrogen (secondary N) is 1. The number of non-ortho nitro benzene ring substituents is 1. The van der Waals surface area contributed by atoms with Crippen LogP contribution in [-0.4, -0.2) is 18.6 Å². The van der Waals surface area contributed by atoms with E-state index < -0.39 is 16.7 Å². The number of anilines is 2. The summed E-state index contributed by atoms with van der Waals surface area (Å²) in [5, 5.41) is 13.9. The molecule has 0 atom stereocenters. The predicted molar refractivity (Wildman–Crippen MR) is 88.7 cm³/mol. The number of alkyl halides is 3. The number of halogens is 3. The molecule has 0 heterocycles. The van der Waals surface area contributed by atoms with Crippen LogP contribution >= 0.6 is 0 Å². The number of hydrogen-bond acceptors (Lipinski definition) is 4. The molecule has 0 saturated carbocycles. The molecule has 2 aromatic carbocycles. The van der Waals surface area contributed by atoms with E-state index in [4.69, 9.17) is 4.74 Å². The van der Waals surface area contributed by atoms with Gasteiger partial charge >= 0.3 is 6.18 Å². The normalized spacial score (nSPS) is 11.2. The van der Waals surface area contributed by atoms with Crippen LogP contribution in [0.1, 0.15) is 11.1 Å². The Bertz CT molecular complexity index is 787. The van der Waals surface area contributed by atoms with Crippen molar-refractivity contribution in [1.82, 2.24) is 0 Å². The van der Waals surface area contributed by atoms with Crippen LogP contribution in [0.2, 0.25) is 0 Å². The minimum Gasteiger partial charge on any atom is -0.380 e. The molecule has 0 aliphatic rings. The van der Waals surface area contributed by atoms with Crippen LogP contribution < -0.4 is 5.32 Å². The molecule has 0 unspecified atom stereocenters. The number of nitro groups is 1. The number of nitro benzene ring substituents is 1. The molecule has 25 heavy (non-hydrogen) atoms. The molecule has 0 aliphatic carbocycles. The fourth-order valence-electron chi connectivity index (χ4n) is 2.20. The Morgan fingerprint density at radius 1 is 1.24 bits per heavy atom. The second kappa shape index (κ2) is 7.35. The highest BCUT2D eigenvalue weighted by atomic mass is 19.4. The molecule has 0 spiro atoms. The van der Waals surface area contributed by atoms with Crippen LogP contribution in [0.25, 0.3) is 5.57 Å². The van der Waals surface area contributed by atoms with Crippen molar-refractivity contribution in [2.75, 3.05) is 19.0 Å². The molecule has 0 amide bonds. The number of methoxy groups -OCH3 is 1.